The van der Waals surface area contributed by atoms with Crippen molar-refractivity contribution < 1.29 is 13.5 Å². The van der Waals surface area contributed by atoms with Crippen LogP contribution in [0.2, 0.25) is 0 Å². The Labute approximate surface area is 175 Å². The van der Waals surface area contributed by atoms with Gasteiger partial charge in [0.1, 0.15) is 17.1 Å². The van der Waals surface area contributed by atoms with Crippen LogP contribution in [-0.2, 0) is 16.9 Å². The second-order valence-corrected chi connectivity index (χ2v) is 8.94. The molecule has 8 nitrogen and oxygen atoms in total. The number of aromatic hydroxyl groups is 1. The number of phenols is 1. The van der Waals surface area contributed by atoms with Crippen molar-refractivity contribution in [1.82, 2.24) is 9.78 Å². The molecular formula is C21H23N5O3S. The lowest BCUT2D eigenvalue weighted by Crippen LogP contribution is -2.13. The first-order valence-corrected chi connectivity index (χ1v) is 10.6. The third-order valence-corrected chi connectivity index (χ3v) is 6.16. The number of hydrogen-bond acceptors (Lipinski definition) is 7. The van der Waals surface area contributed by atoms with Crippen LogP contribution < -0.4 is 4.90 Å². The summed E-state index contributed by atoms with van der Waals surface area (Å²) in [6.07, 6.45) is 0. The predicted molar refractivity (Wildman–Crippen MR) is 116 cm³/mol. The van der Waals surface area contributed by atoms with E-state index in [0.717, 1.165) is 0 Å². The summed E-state index contributed by atoms with van der Waals surface area (Å²) in [6, 6.07) is 12.0. The number of rotatable bonds is 6. The number of allylic oxidation sites excluding steroid dienone is 1. The predicted octanol–water partition coefficient (Wildman–Crippen LogP) is 4.47. The Morgan fingerprint density at radius 1 is 1.10 bits per heavy atom. The van der Waals surface area contributed by atoms with Gasteiger partial charge >= 0.3 is 0 Å². The van der Waals surface area contributed by atoms with Gasteiger partial charge in [-0.05, 0) is 42.8 Å². The molecule has 3 aromatic rings. The second kappa shape index (κ2) is 8.11. The molecule has 3 rings (SSSR count). The second-order valence-electron chi connectivity index (χ2n) is 6.99. The molecule has 0 bridgehead atoms. The van der Waals surface area contributed by atoms with Crippen LogP contribution in [0.4, 0.5) is 17.2 Å². The molecule has 2 aromatic carbocycles. The fraction of sp³-hybridized carbons (Fsp3) is 0.190. The van der Waals surface area contributed by atoms with Crippen LogP contribution in [0, 0.1) is 0 Å². The first-order chi connectivity index (χ1) is 14.1. The SMILES string of the molecule is C=C(C)c1nn(C)c(N(C)C)c1N=Nc1cc(S(=O)(=O)c2ccccc2)ccc1O. The lowest BCUT2D eigenvalue weighted by molar-refractivity contribution is 0.476. The van der Waals surface area contributed by atoms with Crippen molar-refractivity contribution in [2.75, 3.05) is 19.0 Å². The number of benzene rings is 2. The first-order valence-electron chi connectivity index (χ1n) is 9.08. The number of nitrogens with zero attached hydrogens (tertiary/aromatic N) is 5. The van der Waals surface area contributed by atoms with Crippen LogP contribution in [0.15, 0.2) is 75.1 Å². The van der Waals surface area contributed by atoms with Gasteiger partial charge < -0.3 is 10.0 Å². The van der Waals surface area contributed by atoms with E-state index in [1.807, 2.05) is 25.9 Å². The monoisotopic (exact) mass is 425 g/mol. The fourth-order valence-electron chi connectivity index (χ4n) is 2.97. The van der Waals surface area contributed by atoms with Gasteiger partial charge in [-0.1, -0.05) is 24.8 Å². The van der Waals surface area contributed by atoms with Crippen molar-refractivity contribution in [2.45, 2.75) is 16.7 Å². The minimum atomic E-state index is -3.75. The Morgan fingerprint density at radius 2 is 1.77 bits per heavy atom. The molecule has 156 valence electrons. The summed E-state index contributed by atoms with van der Waals surface area (Å²) in [7, 11) is 1.73. The molecular weight excluding hydrogens is 402 g/mol. The highest BCUT2D eigenvalue weighted by Gasteiger charge is 2.20. The molecule has 9 heteroatoms. The van der Waals surface area contributed by atoms with Crippen LogP contribution in [0.3, 0.4) is 0 Å². The Balaban J connectivity index is 2.08. The Hall–Kier alpha value is -3.46. The van der Waals surface area contributed by atoms with Crippen LogP contribution in [-0.4, -0.2) is 37.4 Å². The van der Waals surface area contributed by atoms with E-state index in [4.69, 9.17) is 0 Å². The average molecular weight is 426 g/mol. The lowest BCUT2D eigenvalue weighted by atomic mass is 10.2. The maximum absolute atomic E-state index is 12.9. The quantitative estimate of drug-likeness (QED) is 0.587. The molecule has 0 unspecified atom stereocenters. The molecule has 0 saturated heterocycles. The van der Waals surface area contributed by atoms with Crippen molar-refractivity contribution in [3.8, 4) is 5.75 Å². The van der Waals surface area contributed by atoms with Crippen LogP contribution in [0.5, 0.6) is 5.75 Å². The highest BCUT2D eigenvalue weighted by molar-refractivity contribution is 7.91. The van der Waals surface area contributed by atoms with Gasteiger partial charge in [0, 0.05) is 21.1 Å². The maximum Gasteiger partial charge on any atom is 0.206 e. The van der Waals surface area contributed by atoms with Gasteiger partial charge in [-0.3, -0.25) is 4.68 Å². The summed E-state index contributed by atoms with van der Waals surface area (Å²) < 4.78 is 27.4. The number of azo groups is 1. The van der Waals surface area contributed by atoms with Crippen LogP contribution >= 0.6 is 0 Å². The number of hydrogen-bond donors (Lipinski definition) is 1. The minimum absolute atomic E-state index is 0.0135. The van der Waals surface area contributed by atoms with Crippen molar-refractivity contribution in [1.29, 1.82) is 0 Å². The van der Waals surface area contributed by atoms with Gasteiger partial charge in [0.15, 0.2) is 11.5 Å². The largest absolute Gasteiger partial charge is 0.506 e. The van der Waals surface area contributed by atoms with E-state index in [9.17, 15) is 13.5 Å². The molecule has 1 N–H and O–H groups in total. The van der Waals surface area contributed by atoms with Crippen molar-refractivity contribution >= 4 is 32.6 Å². The average Bonchev–Trinajstić information content (AvgIpc) is 3.04. The molecule has 0 radical (unpaired) electrons. The molecule has 0 fully saturated rings. The topological polar surface area (TPSA) is 100 Å². The number of sulfone groups is 1. The van der Waals surface area contributed by atoms with E-state index in [1.165, 1.54) is 30.3 Å². The van der Waals surface area contributed by atoms with Gasteiger partial charge in [0.25, 0.3) is 0 Å². The summed E-state index contributed by atoms with van der Waals surface area (Å²) in [4.78, 5) is 2.01. The summed E-state index contributed by atoms with van der Waals surface area (Å²) in [5, 5.41) is 23.1. The zero-order chi connectivity index (χ0) is 22.1. The Bertz CT molecular complexity index is 1230. The summed E-state index contributed by atoms with van der Waals surface area (Å²) in [5.41, 5.74) is 1.79. The smallest absolute Gasteiger partial charge is 0.206 e. The van der Waals surface area contributed by atoms with E-state index >= 15 is 0 Å². The maximum atomic E-state index is 12.9. The van der Waals surface area contributed by atoms with Crippen molar-refractivity contribution in [3.63, 3.8) is 0 Å². The Kier molecular flexibility index (Phi) is 5.75. The third kappa shape index (κ3) is 3.97. The first kappa shape index (κ1) is 21.3. The molecule has 0 aliphatic heterocycles. The van der Waals surface area contributed by atoms with Crippen molar-refractivity contribution in [2.24, 2.45) is 17.3 Å². The van der Waals surface area contributed by atoms with Gasteiger partial charge in [-0.15, -0.1) is 10.2 Å². The molecule has 0 saturated carbocycles. The number of aryl methyl sites for hydroxylation is 1. The van der Waals surface area contributed by atoms with E-state index in [-0.39, 0.29) is 21.2 Å². The summed E-state index contributed by atoms with van der Waals surface area (Å²) in [5.74, 6) is 0.516. The Morgan fingerprint density at radius 3 is 2.37 bits per heavy atom. The highest BCUT2D eigenvalue weighted by Crippen LogP contribution is 2.38. The van der Waals surface area contributed by atoms with Gasteiger partial charge in [-0.25, -0.2) is 8.42 Å². The zero-order valence-corrected chi connectivity index (χ0v) is 18.1. The van der Waals surface area contributed by atoms with Gasteiger partial charge in [0.05, 0.1) is 9.79 Å². The van der Waals surface area contributed by atoms with Crippen molar-refractivity contribution in [3.05, 3.63) is 60.8 Å². The number of anilines is 1. The van der Waals surface area contributed by atoms with Crippen LogP contribution in [0.1, 0.15) is 12.6 Å². The minimum Gasteiger partial charge on any atom is -0.506 e. The lowest BCUT2D eigenvalue weighted by Gasteiger charge is -2.12. The standard InChI is InChI=1S/C21H23N5O3S/c1-14(2)19-20(21(25(3)4)26(5)24-19)23-22-17-13-16(11-12-18(17)27)30(28,29)15-9-7-6-8-10-15/h6-13,27H,1H2,2-5H3. The van der Waals surface area contributed by atoms with E-state index in [2.05, 4.69) is 21.9 Å². The normalized spacial score (nSPS) is 11.7. The molecule has 0 atom stereocenters. The summed E-state index contributed by atoms with van der Waals surface area (Å²) >= 11 is 0. The fourth-order valence-corrected chi connectivity index (χ4v) is 4.28. The molecule has 0 spiro atoms. The molecule has 0 aliphatic carbocycles. The molecule has 0 aliphatic rings. The van der Waals surface area contributed by atoms with E-state index in [0.29, 0.717) is 22.8 Å². The van der Waals surface area contributed by atoms with E-state index in [1.54, 1.807) is 29.9 Å². The molecule has 30 heavy (non-hydrogen) atoms. The zero-order valence-electron chi connectivity index (χ0n) is 17.2. The summed E-state index contributed by atoms with van der Waals surface area (Å²) in [6.45, 7) is 5.74. The molecule has 1 heterocycles. The van der Waals surface area contributed by atoms with Gasteiger partial charge in [0.2, 0.25) is 9.84 Å². The van der Waals surface area contributed by atoms with E-state index < -0.39 is 9.84 Å². The number of phenolic OH excluding ortho intramolecular Hbond substituents is 1. The van der Waals surface area contributed by atoms with Crippen LogP contribution in [0.25, 0.3) is 5.57 Å². The number of aromatic nitrogens is 2. The highest BCUT2D eigenvalue weighted by atomic mass is 32.2. The molecule has 1 aromatic heterocycles. The third-order valence-electron chi connectivity index (χ3n) is 4.39. The van der Waals surface area contributed by atoms with Gasteiger partial charge in [-0.2, -0.15) is 5.10 Å². The molecule has 0 amide bonds.